The van der Waals surface area contributed by atoms with Gasteiger partial charge in [-0.1, -0.05) is 25.1 Å². The number of amides is 2. The molecule has 0 radical (unpaired) electrons. The van der Waals surface area contributed by atoms with Crippen molar-refractivity contribution < 1.29 is 9.59 Å². The molecule has 2 amide bonds. The average Bonchev–Trinajstić information content (AvgIpc) is 3.19. The van der Waals surface area contributed by atoms with Crippen molar-refractivity contribution in [3.05, 3.63) is 30.3 Å². The number of carbonyl (C=O) groups excluding carboxylic acids is 2. The molecule has 0 bridgehead atoms. The molecule has 1 aliphatic carbocycles. The predicted molar refractivity (Wildman–Crippen MR) is 77.3 cm³/mol. The second-order valence-corrected chi connectivity index (χ2v) is 5.89. The monoisotopic (exact) mass is 272 g/mol. The highest BCUT2D eigenvalue weighted by Crippen LogP contribution is 2.48. The van der Waals surface area contributed by atoms with E-state index >= 15 is 0 Å². The summed E-state index contributed by atoms with van der Waals surface area (Å²) in [5.41, 5.74) is 1.05. The third kappa shape index (κ3) is 2.36. The van der Waals surface area contributed by atoms with Crippen molar-refractivity contribution in [2.24, 2.45) is 5.41 Å². The molecule has 0 aromatic heterocycles. The second kappa shape index (κ2) is 5.02. The maximum atomic E-state index is 12.4. The Kier molecular flexibility index (Phi) is 3.34. The first-order chi connectivity index (χ1) is 9.65. The van der Waals surface area contributed by atoms with Gasteiger partial charge in [-0.15, -0.1) is 0 Å². The quantitative estimate of drug-likeness (QED) is 0.835. The summed E-state index contributed by atoms with van der Waals surface area (Å²) >= 11 is 0. The molecule has 1 aliphatic heterocycles. The fourth-order valence-corrected chi connectivity index (χ4v) is 2.81. The van der Waals surface area contributed by atoms with E-state index in [0.717, 1.165) is 13.0 Å². The number of nitrogens with zero attached hydrogens (tertiary/aromatic N) is 1. The summed E-state index contributed by atoms with van der Waals surface area (Å²) in [7, 11) is 0. The smallest absolute Gasteiger partial charge is 0.251 e. The van der Waals surface area contributed by atoms with Gasteiger partial charge in [-0.05, 0) is 36.8 Å². The molecule has 1 atom stereocenters. The van der Waals surface area contributed by atoms with Crippen LogP contribution in [0, 0.1) is 5.41 Å². The van der Waals surface area contributed by atoms with Crippen LogP contribution in [0.4, 0.5) is 5.69 Å². The summed E-state index contributed by atoms with van der Waals surface area (Å²) in [6.07, 6.45) is 3.87. The molecule has 1 unspecified atom stereocenters. The highest BCUT2D eigenvalue weighted by Gasteiger charge is 2.44. The summed E-state index contributed by atoms with van der Waals surface area (Å²) in [5, 5.41) is 3.30. The Hall–Kier alpha value is -1.68. The number of imide groups is 1. The fraction of sp³-hybridized carbons (Fsp3) is 0.500. The summed E-state index contributed by atoms with van der Waals surface area (Å²) in [5.74, 6) is -0.229. The van der Waals surface area contributed by atoms with Gasteiger partial charge in [0.25, 0.3) is 5.91 Å². The van der Waals surface area contributed by atoms with E-state index in [0.29, 0.717) is 11.1 Å². The highest BCUT2D eigenvalue weighted by atomic mass is 16.2. The lowest BCUT2D eigenvalue weighted by Gasteiger charge is -2.18. The predicted octanol–water partition coefficient (Wildman–Crippen LogP) is 2.10. The Morgan fingerprint density at radius 3 is 2.55 bits per heavy atom. The van der Waals surface area contributed by atoms with E-state index < -0.39 is 0 Å². The zero-order valence-electron chi connectivity index (χ0n) is 11.8. The summed E-state index contributed by atoms with van der Waals surface area (Å²) < 4.78 is 0. The van der Waals surface area contributed by atoms with E-state index in [2.05, 4.69) is 12.2 Å². The van der Waals surface area contributed by atoms with Gasteiger partial charge >= 0.3 is 0 Å². The maximum Gasteiger partial charge on any atom is 0.251 e. The Balaban J connectivity index is 1.68. The van der Waals surface area contributed by atoms with Crippen molar-refractivity contribution in [2.75, 3.05) is 11.4 Å². The first-order valence-corrected chi connectivity index (χ1v) is 7.30. The third-order valence-corrected chi connectivity index (χ3v) is 4.59. The van der Waals surface area contributed by atoms with Gasteiger partial charge in [0.05, 0.1) is 18.2 Å². The fourth-order valence-electron chi connectivity index (χ4n) is 2.81. The van der Waals surface area contributed by atoms with Gasteiger partial charge in [0.2, 0.25) is 5.91 Å². The standard InChI is InChI=1S/C16H20N2O2/c1-2-16(8-9-16)11-17-13-10-14(19)18(15(13)20)12-6-4-3-5-7-12/h3-7,13,17H,2,8-11H2,1H3. The largest absolute Gasteiger partial charge is 0.305 e. The molecule has 1 aromatic carbocycles. The molecular formula is C16H20N2O2. The lowest BCUT2D eigenvalue weighted by molar-refractivity contribution is -0.121. The van der Waals surface area contributed by atoms with Crippen molar-refractivity contribution in [3.63, 3.8) is 0 Å². The number of para-hydroxylation sites is 1. The Morgan fingerprint density at radius 1 is 1.25 bits per heavy atom. The van der Waals surface area contributed by atoms with E-state index in [1.807, 2.05) is 18.2 Å². The van der Waals surface area contributed by atoms with Crippen LogP contribution < -0.4 is 10.2 Å². The van der Waals surface area contributed by atoms with Gasteiger partial charge in [-0.3, -0.25) is 9.59 Å². The van der Waals surface area contributed by atoms with Crippen LogP contribution in [0.5, 0.6) is 0 Å². The number of anilines is 1. The van der Waals surface area contributed by atoms with Crippen LogP contribution in [0.1, 0.15) is 32.6 Å². The van der Waals surface area contributed by atoms with E-state index in [1.54, 1.807) is 12.1 Å². The van der Waals surface area contributed by atoms with Crippen LogP contribution >= 0.6 is 0 Å². The molecule has 106 valence electrons. The first kappa shape index (κ1) is 13.3. The molecule has 20 heavy (non-hydrogen) atoms. The van der Waals surface area contributed by atoms with Crippen LogP contribution in [0.3, 0.4) is 0 Å². The van der Waals surface area contributed by atoms with Crippen LogP contribution in [0.25, 0.3) is 0 Å². The molecular weight excluding hydrogens is 252 g/mol. The Labute approximate surface area is 119 Å². The van der Waals surface area contributed by atoms with E-state index in [1.165, 1.54) is 17.7 Å². The molecule has 1 N–H and O–H groups in total. The van der Waals surface area contributed by atoms with Crippen LogP contribution in [0.2, 0.25) is 0 Å². The van der Waals surface area contributed by atoms with Crippen molar-refractivity contribution in [1.82, 2.24) is 5.32 Å². The highest BCUT2D eigenvalue weighted by molar-refractivity contribution is 6.22. The molecule has 4 nitrogen and oxygen atoms in total. The third-order valence-electron chi connectivity index (χ3n) is 4.59. The number of benzene rings is 1. The lowest BCUT2D eigenvalue weighted by atomic mass is 10.0. The van der Waals surface area contributed by atoms with Gasteiger partial charge in [0.1, 0.15) is 0 Å². The van der Waals surface area contributed by atoms with E-state index in [4.69, 9.17) is 0 Å². The zero-order valence-corrected chi connectivity index (χ0v) is 11.8. The number of hydrogen-bond donors (Lipinski definition) is 1. The normalized spacial score (nSPS) is 24.2. The number of rotatable bonds is 5. The molecule has 4 heteroatoms. The van der Waals surface area contributed by atoms with Crippen LogP contribution in [-0.4, -0.2) is 24.4 Å². The summed E-state index contributed by atoms with van der Waals surface area (Å²) in [6, 6.07) is 8.80. The molecule has 3 rings (SSSR count). The second-order valence-electron chi connectivity index (χ2n) is 5.89. The molecule has 0 spiro atoms. The SMILES string of the molecule is CCC1(CNC2CC(=O)N(c3ccccc3)C2=O)CC1. The molecule has 1 heterocycles. The Morgan fingerprint density at radius 2 is 1.95 bits per heavy atom. The maximum absolute atomic E-state index is 12.4. The zero-order chi connectivity index (χ0) is 14.2. The number of carbonyl (C=O) groups is 2. The summed E-state index contributed by atoms with van der Waals surface area (Å²) in [6.45, 7) is 3.03. The van der Waals surface area contributed by atoms with Crippen molar-refractivity contribution in [3.8, 4) is 0 Å². The molecule has 2 aliphatic rings. The van der Waals surface area contributed by atoms with Crippen LogP contribution in [-0.2, 0) is 9.59 Å². The van der Waals surface area contributed by atoms with E-state index in [-0.39, 0.29) is 24.3 Å². The van der Waals surface area contributed by atoms with Gasteiger partial charge < -0.3 is 5.32 Å². The van der Waals surface area contributed by atoms with Crippen molar-refractivity contribution in [1.29, 1.82) is 0 Å². The van der Waals surface area contributed by atoms with Crippen molar-refractivity contribution >= 4 is 17.5 Å². The molecule has 1 saturated heterocycles. The minimum Gasteiger partial charge on any atom is -0.305 e. The average molecular weight is 272 g/mol. The van der Waals surface area contributed by atoms with E-state index in [9.17, 15) is 9.59 Å². The summed E-state index contributed by atoms with van der Waals surface area (Å²) in [4.78, 5) is 25.8. The minimum atomic E-state index is -0.355. The van der Waals surface area contributed by atoms with Gasteiger partial charge in [-0.25, -0.2) is 4.90 Å². The first-order valence-electron chi connectivity index (χ1n) is 7.30. The number of nitrogens with one attached hydrogen (secondary N) is 1. The van der Waals surface area contributed by atoms with Gasteiger partial charge in [-0.2, -0.15) is 0 Å². The molecule has 2 fully saturated rings. The van der Waals surface area contributed by atoms with Crippen molar-refractivity contribution in [2.45, 2.75) is 38.6 Å². The molecule has 1 aromatic rings. The topological polar surface area (TPSA) is 49.4 Å². The van der Waals surface area contributed by atoms with Crippen LogP contribution in [0.15, 0.2) is 30.3 Å². The minimum absolute atomic E-state index is 0.111. The van der Waals surface area contributed by atoms with Gasteiger partial charge in [0, 0.05) is 6.54 Å². The lowest BCUT2D eigenvalue weighted by Crippen LogP contribution is -2.41. The number of hydrogen-bond acceptors (Lipinski definition) is 3. The Bertz CT molecular complexity index is 523. The molecule has 1 saturated carbocycles. The van der Waals surface area contributed by atoms with Gasteiger partial charge in [0.15, 0.2) is 0 Å².